The van der Waals surface area contributed by atoms with Crippen molar-refractivity contribution in [3.63, 3.8) is 0 Å². The number of aliphatic hydroxyl groups excluding tert-OH is 1. The van der Waals surface area contributed by atoms with E-state index < -0.39 is 0 Å². The Morgan fingerprint density at radius 1 is 1.15 bits per heavy atom. The molecule has 0 aliphatic carbocycles. The van der Waals surface area contributed by atoms with Crippen molar-refractivity contribution in [1.82, 2.24) is 4.90 Å². The molecule has 0 aromatic heterocycles. The molecule has 0 spiro atoms. The zero-order chi connectivity index (χ0) is 9.15. The van der Waals surface area contributed by atoms with Gasteiger partial charge in [-0.1, -0.05) is 6.42 Å². The minimum absolute atomic E-state index is 0.0807. The molecule has 2 rings (SSSR count). The van der Waals surface area contributed by atoms with Gasteiger partial charge in [-0.05, 0) is 25.9 Å². The van der Waals surface area contributed by atoms with E-state index in [0.717, 1.165) is 19.8 Å². The monoisotopic (exact) mass is 185 g/mol. The van der Waals surface area contributed by atoms with Crippen LogP contribution < -0.4 is 0 Å². The fourth-order valence-corrected chi connectivity index (χ4v) is 2.22. The molecule has 0 atom stereocenters. The van der Waals surface area contributed by atoms with Gasteiger partial charge in [0, 0.05) is 6.54 Å². The summed E-state index contributed by atoms with van der Waals surface area (Å²) < 4.78 is 5.18. The van der Waals surface area contributed by atoms with E-state index in [4.69, 9.17) is 4.74 Å². The molecule has 0 bridgehead atoms. The van der Waals surface area contributed by atoms with E-state index in [-0.39, 0.29) is 12.0 Å². The number of likely N-dealkylation sites (tertiary alicyclic amines) is 1. The maximum Gasteiger partial charge on any atom is 0.0579 e. The number of ether oxygens (including phenoxy) is 1. The van der Waals surface area contributed by atoms with Crippen LogP contribution in [0.25, 0.3) is 0 Å². The third kappa shape index (κ3) is 2.03. The third-order valence-corrected chi connectivity index (χ3v) is 3.16. The number of aliphatic hydroxyl groups is 1. The molecule has 3 heteroatoms. The van der Waals surface area contributed by atoms with E-state index in [2.05, 4.69) is 4.90 Å². The molecule has 2 heterocycles. The number of rotatable bonds is 3. The van der Waals surface area contributed by atoms with Crippen LogP contribution in [0, 0.1) is 5.41 Å². The van der Waals surface area contributed by atoms with E-state index in [9.17, 15) is 5.11 Å². The standard InChI is InChI=1S/C10H19NO2/c12-7-10(8-13-9-10)6-11-4-2-1-3-5-11/h12H,1-9H2. The second kappa shape index (κ2) is 3.95. The van der Waals surface area contributed by atoms with Gasteiger partial charge in [0.1, 0.15) is 0 Å². The van der Waals surface area contributed by atoms with Crippen molar-refractivity contribution in [3.05, 3.63) is 0 Å². The van der Waals surface area contributed by atoms with Crippen LogP contribution in [0.4, 0.5) is 0 Å². The second-order valence-electron chi connectivity index (χ2n) is 4.49. The smallest absolute Gasteiger partial charge is 0.0579 e. The Morgan fingerprint density at radius 2 is 1.85 bits per heavy atom. The number of piperidine rings is 1. The fraction of sp³-hybridized carbons (Fsp3) is 1.00. The molecule has 13 heavy (non-hydrogen) atoms. The van der Waals surface area contributed by atoms with Gasteiger partial charge in [0.05, 0.1) is 25.2 Å². The van der Waals surface area contributed by atoms with Crippen LogP contribution in [-0.2, 0) is 4.74 Å². The highest BCUT2D eigenvalue weighted by atomic mass is 16.5. The minimum Gasteiger partial charge on any atom is -0.396 e. The minimum atomic E-state index is 0.0807. The van der Waals surface area contributed by atoms with Gasteiger partial charge in [-0.15, -0.1) is 0 Å². The summed E-state index contributed by atoms with van der Waals surface area (Å²) in [5.74, 6) is 0. The number of hydrogen-bond acceptors (Lipinski definition) is 3. The predicted octanol–water partition coefficient (Wildman–Crippen LogP) is 0.481. The third-order valence-electron chi connectivity index (χ3n) is 3.16. The molecule has 2 aliphatic rings. The van der Waals surface area contributed by atoms with Crippen molar-refractivity contribution in [2.45, 2.75) is 19.3 Å². The molecular weight excluding hydrogens is 166 g/mol. The fourth-order valence-electron chi connectivity index (χ4n) is 2.22. The molecule has 2 aliphatic heterocycles. The molecule has 1 N–H and O–H groups in total. The second-order valence-corrected chi connectivity index (χ2v) is 4.49. The molecule has 0 amide bonds. The summed E-state index contributed by atoms with van der Waals surface area (Å²) in [7, 11) is 0. The summed E-state index contributed by atoms with van der Waals surface area (Å²) in [5, 5.41) is 9.26. The van der Waals surface area contributed by atoms with Gasteiger partial charge >= 0.3 is 0 Å². The molecular formula is C10H19NO2. The van der Waals surface area contributed by atoms with Crippen LogP contribution in [0.2, 0.25) is 0 Å². The quantitative estimate of drug-likeness (QED) is 0.694. The van der Waals surface area contributed by atoms with E-state index in [1.165, 1.54) is 32.4 Å². The molecule has 2 fully saturated rings. The zero-order valence-corrected chi connectivity index (χ0v) is 8.17. The van der Waals surface area contributed by atoms with Crippen molar-refractivity contribution >= 4 is 0 Å². The predicted molar refractivity (Wildman–Crippen MR) is 50.6 cm³/mol. The molecule has 76 valence electrons. The highest BCUT2D eigenvalue weighted by molar-refractivity contribution is 4.88. The van der Waals surface area contributed by atoms with Gasteiger partial charge in [-0.2, -0.15) is 0 Å². The van der Waals surface area contributed by atoms with Gasteiger partial charge in [-0.3, -0.25) is 0 Å². The molecule has 3 nitrogen and oxygen atoms in total. The van der Waals surface area contributed by atoms with Crippen molar-refractivity contribution in [1.29, 1.82) is 0 Å². The first-order valence-electron chi connectivity index (χ1n) is 5.26. The summed E-state index contributed by atoms with van der Waals surface area (Å²) in [6, 6.07) is 0. The lowest BCUT2D eigenvalue weighted by Crippen LogP contribution is -2.54. The van der Waals surface area contributed by atoms with Gasteiger partial charge in [-0.25, -0.2) is 0 Å². The average molecular weight is 185 g/mol. The first kappa shape index (κ1) is 9.44. The Balaban J connectivity index is 1.81. The number of nitrogens with zero attached hydrogens (tertiary/aromatic N) is 1. The molecule has 2 saturated heterocycles. The summed E-state index contributed by atoms with van der Waals surface area (Å²) >= 11 is 0. The van der Waals surface area contributed by atoms with Crippen molar-refractivity contribution in [3.8, 4) is 0 Å². The van der Waals surface area contributed by atoms with Gasteiger partial charge in [0.15, 0.2) is 0 Å². The molecule has 0 radical (unpaired) electrons. The van der Waals surface area contributed by atoms with Crippen molar-refractivity contribution in [2.75, 3.05) is 39.5 Å². The molecule has 0 unspecified atom stereocenters. The Hall–Kier alpha value is -0.120. The maximum atomic E-state index is 9.26. The highest BCUT2D eigenvalue weighted by Crippen LogP contribution is 2.28. The van der Waals surface area contributed by atoms with Crippen LogP contribution in [0.5, 0.6) is 0 Å². The summed E-state index contributed by atoms with van der Waals surface area (Å²) in [6.45, 7) is 5.23. The summed E-state index contributed by atoms with van der Waals surface area (Å²) in [4.78, 5) is 2.47. The molecule has 0 aromatic rings. The average Bonchev–Trinajstić information content (AvgIpc) is 2.13. The summed E-state index contributed by atoms with van der Waals surface area (Å²) in [6.07, 6.45) is 4.02. The summed E-state index contributed by atoms with van der Waals surface area (Å²) in [5.41, 5.74) is 0.0807. The van der Waals surface area contributed by atoms with E-state index in [1.807, 2.05) is 0 Å². The van der Waals surface area contributed by atoms with Crippen LogP contribution in [-0.4, -0.2) is 49.5 Å². The normalized spacial score (nSPS) is 28.4. The molecule has 0 aromatic carbocycles. The van der Waals surface area contributed by atoms with Crippen LogP contribution in [0.1, 0.15) is 19.3 Å². The lowest BCUT2D eigenvalue weighted by atomic mass is 9.86. The van der Waals surface area contributed by atoms with Crippen molar-refractivity contribution in [2.24, 2.45) is 5.41 Å². The van der Waals surface area contributed by atoms with Gasteiger partial charge < -0.3 is 14.7 Å². The van der Waals surface area contributed by atoms with Gasteiger partial charge in [0.25, 0.3) is 0 Å². The van der Waals surface area contributed by atoms with Crippen LogP contribution >= 0.6 is 0 Å². The van der Waals surface area contributed by atoms with Gasteiger partial charge in [0.2, 0.25) is 0 Å². The topological polar surface area (TPSA) is 32.7 Å². The Bertz CT molecular complexity index is 157. The van der Waals surface area contributed by atoms with Crippen LogP contribution in [0.15, 0.2) is 0 Å². The maximum absolute atomic E-state index is 9.26. The lowest BCUT2D eigenvalue weighted by Gasteiger charge is -2.44. The first-order chi connectivity index (χ1) is 6.35. The Labute approximate surface area is 79.7 Å². The van der Waals surface area contributed by atoms with E-state index >= 15 is 0 Å². The molecule has 0 saturated carbocycles. The highest BCUT2D eigenvalue weighted by Gasteiger charge is 2.39. The first-order valence-corrected chi connectivity index (χ1v) is 5.26. The number of hydrogen-bond donors (Lipinski definition) is 1. The SMILES string of the molecule is OCC1(CN2CCCCC2)COC1. The van der Waals surface area contributed by atoms with E-state index in [1.54, 1.807) is 0 Å². The van der Waals surface area contributed by atoms with Crippen LogP contribution in [0.3, 0.4) is 0 Å². The van der Waals surface area contributed by atoms with Crippen molar-refractivity contribution < 1.29 is 9.84 Å². The Morgan fingerprint density at radius 3 is 2.31 bits per heavy atom. The largest absolute Gasteiger partial charge is 0.396 e. The lowest BCUT2D eigenvalue weighted by molar-refractivity contribution is -0.149. The Kier molecular flexibility index (Phi) is 2.86. The zero-order valence-electron chi connectivity index (χ0n) is 8.17. The van der Waals surface area contributed by atoms with E-state index in [0.29, 0.717) is 0 Å².